The van der Waals surface area contributed by atoms with Crippen LogP contribution < -0.4 is 0 Å². The van der Waals surface area contributed by atoms with Crippen LogP contribution in [0.5, 0.6) is 0 Å². The molecule has 24 heavy (non-hydrogen) atoms. The molecule has 0 aromatic rings. The van der Waals surface area contributed by atoms with Gasteiger partial charge in [0.2, 0.25) is 0 Å². The Morgan fingerprint density at radius 2 is 1.33 bits per heavy atom. The first kappa shape index (κ1) is 20.7. The number of hydrogen-bond donors (Lipinski definition) is 0. The first-order chi connectivity index (χ1) is 10.8. The van der Waals surface area contributed by atoms with Crippen molar-refractivity contribution < 1.29 is 45.4 Å². The summed E-state index contributed by atoms with van der Waals surface area (Å²) in [6.07, 6.45) is -16.8. The van der Waals surface area contributed by atoms with Gasteiger partial charge in [0.05, 0.1) is 10.3 Å². The van der Waals surface area contributed by atoms with E-state index >= 15 is 0 Å². The van der Waals surface area contributed by atoms with E-state index in [9.17, 15) is 35.9 Å². The molecule has 0 aromatic heterocycles. The topological polar surface area (TPSA) is 52.6 Å². The second-order valence-electron chi connectivity index (χ2n) is 4.49. The predicted octanol–water partition coefficient (Wildman–Crippen LogP) is 4.14. The van der Waals surface area contributed by atoms with Crippen molar-refractivity contribution in [1.82, 2.24) is 0 Å². The van der Waals surface area contributed by atoms with Crippen molar-refractivity contribution >= 4 is 35.5 Å². The van der Waals surface area contributed by atoms with Gasteiger partial charge in [0.15, 0.2) is 5.57 Å². The van der Waals surface area contributed by atoms with Crippen LogP contribution in [0.1, 0.15) is 13.8 Å². The molecule has 0 bridgehead atoms. The second kappa shape index (κ2) is 7.72. The van der Waals surface area contributed by atoms with Crippen LogP contribution in [0.15, 0.2) is 20.6 Å². The Morgan fingerprint density at radius 3 is 1.71 bits per heavy atom. The Kier molecular flexibility index (Phi) is 6.67. The van der Waals surface area contributed by atoms with Crippen LogP contribution in [0.3, 0.4) is 0 Å². The summed E-state index contributed by atoms with van der Waals surface area (Å²) in [5, 5.41) is 2.78. The molecular formula is C12H10F6O4S2. The molecule has 1 aliphatic heterocycles. The molecular weight excluding hydrogens is 386 g/mol. The molecule has 1 aliphatic rings. The molecule has 0 amide bonds. The molecule has 12 heteroatoms. The van der Waals surface area contributed by atoms with Gasteiger partial charge in [-0.25, -0.2) is 9.59 Å². The predicted molar refractivity (Wildman–Crippen MR) is 74.6 cm³/mol. The number of esters is 2. The summed E-state index contributed by atoms with van der Waals surface area (Å²) < 4.78 is 83.0. The lowest BCUT2D eigenvalue weighted by Crippen LogP contribution is -2.46. The highest BCUT2D eigenvalue weighted by atomic mass is 32.2. The molecule has 0 saturated carbocycles. The highest BCUT2D eigenvalue weighted by Crippen LogP contribution is 2.42. The lowest BCUT2D eigenvalue weighted by atomic mass is 10.3. The van der Waals surface area contributed by atoms with Gasteiger partial charge in [-0.3, -0.25) is 0 Å². The number of alkyl halides is 6. The second-order valence-corrected chi connectivity index (χ2v) is 6.58. The lowest BCUT2D eigenvalue weighted by Gasteiger charge is -2.23. The van der Waals surface area contributed by atoms with E-state index < -0.39 is 42.1 Å². The largest absolute Gasteiger partial charge is 0.459 e. The van der Waals surface area contributed by atoms with Crippen molar-refractivity contribution in [1.29, 1.82) is 0 Å². The summed E-state index contributed by atoms with van der Waals surface area (Å²) in [6.45, 7) is 2.79. The number of ether oxygens (including phenoxy) is 2. The van der Waals surface area contributed by atoms with Gasteiger partial charge < -0.3 is 9.47 Å². The SMILES string of the molecule is CC(C)OC(=O)C(C(=O)OC(C(F)(F)F)C(F)(F)F)=C1SC=CS1. The van der Waals surface area contributed by atoms with Gasteiger partial charge in [-0.1, -0.05) is 23.5 Å². The Labute approximate surface area is 140 Å². The van der Waals surface area contributed by atoms with Crippen LogP contribution in [0.2, 0.25) is 0 Å². The van der Waals surface area contributed by atoms with E-state index in [1.807, 2.05) is 0 Å². The van der Waals surface area contributed by atoms with Crippen LogP contribution in [0.25, 0.3) is 0 Å². The minimum atomic E-state index is -5.88. The van der Waals surface area contributed by atoms with E-state index in [0.29, 0.717) is 0 Å². The maximum Gasteiger partial charge on any atom is 0.434 e. The Bertz CT molecular complexity index is 541. The summed E-state index contributed by atoms with van der Waals surface area (Å²) in [7, 11) is 0. The maximum absolute atomic E-state index is 12.5. The average Bonchev–Trinajstić information content (AvgIpc) is 2.86. The Morgan fingerprint density at radius 1 is 0.917 bits per heavy atom. The molecule has 1 heterocycles. The van der Waals surface area contributed by atoms with Gasteiger partial charge in [-0.15, -0.1) is 0 Å². The van der Waals surface area contributed by atoms with Gasteiger partial charge in [-0.2, -0.15) is 26.3 Å². The van der Waals surface area contributed by atoms with Gasteiger partial charge in [0.25, 0.3) is 6.10 Å². The first-order valence-corrected chi connectivity index (χ1v) is 7.88. The Balaban J connectivity index is 3.13. The summed E-state index contributed by atoms with van der Waals surface area (Å²) >= 11 is 1.55. The summed E-state index contributed by atoms with van der Waals surface area (Å²) in [5.41, 5.74) is -1.01. The molecule has 0 N–H and O–H groups in total. The van der Waals surface area contributed by atoms with E-state index in [1.54, 1.807) is 0 Å². The van der Waals surface area contributed by atoms with Crippen molar-refractivity contribution in [3.8, 4) is 0 Å². The quantitative estimate of drug-likeness (QED) is 0.234. The standard InChI is InChI=1S/C12H10F6O4S2/c1-5(2)21-7(19)6(9-23-3-4-24-9)8(20)22-10(11(13,14)15)12(16,17)18/h3-5,10H,1-2H3. The van der Waals surface area contributed by atoms with E-state index in [-0.39, 0.29) is 4.24 Å². The van der Waals surface area contributed by atoms with Crippen LogP contribution in [-0.4, -0.2) is 36.5 Å². The van der Waals surface area contributed by atoms with Gasteiger partial charge in [0.1, 0.15) is 0 Å². The molecule has 0 aliphatic carbocycles. The molecule has 0 unspecified atom stereocenters. The van der Waals surface area contributed by atoms with Crippen LogP contribution >= 0.6 is 23.5 Å². The van der Waals surface area contributed by atoms with E-state index in [1.165, 1.54) is 24.7 Å². The maximum atomic E-state index is 12.5. The molecule has 0 atom stereocenters. The van der Waals surface area contributed by atoms with E-state index in [0.717, 1.165) is 23.5 Å². The molecule has 0 spiro atoms. The highest BCUT2D eigenvalue weighted by molar-refractivity contribution is 8.27. The van der Waals surface area contributed by atoms with Crippen molar-refractivity contribution in [2.75, 3.05) is 0 Å². The number of halogens is 6. The zero-order valence-corrected chi connectivity index (χ0v) is 13.7. The van der Waals surface area contributed by atoms with Gasteiger partial charge in [-0.05, 0) is 24.7 Å². The third kappa shape index (κ3) is 5.65. The average molecular weight is 396 g/mol. The summed E-state index contributed by atoms with van der Waals surface area (Å²) in [4.78, 5) is 23.7. The molecule has 1 rings (SSSR count). The zero-order valence-electron chi connectivity index (χ0n) is 12.0. The van der Waals surface area contributed by atoms with Crippen molar-refractivity contribution in [2.45, 2.75) is 38.4 Å². The molecule has 0 saturated heterocycles. The molecule has 0 aromatic carbocycles. The number of thioether (sulfide) groups is 2. The first-order valence-electron chi connectivity index (χ1n) is 6.12. The Hall–Kier alpha value is -1.30. The van der Waals surface area contributed by atoms with Crippen LogP contribution in [0, 0.1) is 0 Å². The van der Waals surface area contributed by atoms with Crippen LogP contribution in [0.4, 0.5) is 26.3 Å². The number of carbonyl (C=O) groups excluding carboxylic acids is 2. The fourth-order valence-corrected chi connectivity index (χ4v) is 3.15. The zero-order chi connectivity index (χ0) is 18.7. The fourth-order valence-electron chi connectivity index (χ4n) is 1.33. The smallest absolute Gasteiger partial charge is 0.434 e. The fraction of sp³-hybridized carbons (Fsp3) is 0.500. The van der Waals surface area contributed by atoms with Crippen molar-refractivity contribution in [3.05, 3.63) is 20.6 Å². The van der Waals surface area contributed by atoms with Crippen molar-refractivity contribution in [2.24, 2.45) is 0 Å². The normalized spacial score (nSPS) is 15.2. The van der Waals surface area contributed by atoms with E-state index in [4.69, 9.17) is 0 Å². The molecule has 136 valence electrons. The minimum Gasteiger partial charge on any atom is -0.459 e. The van der Waals surface area contributed by atoms with Crippen LogP contribution in [-0.2, 0) is 19.1 Å². The van der Waals surface area contributed by atoms with Crippen molar-refractivity contribution in [3.63, 3.8) is 0 Å². The minimum absolute atomic E-state index is 0.131. The molecule has 0 radical (unpaired) electrons. The summed E-state index contributed by atoms with van der Waals surface area (Å²) in [6, 6.07) is 0. The highest BCUT2D eigenvalue weighted by Gasteiger charge is 2.60. The lowest BCUT2D eigenvalue weighted by molar-refractivity contribution is -0.312. The molecule has 4 nitrogen and oxygen atoms in total. The molecule has 0 fully saturated rings. The number of carbonyl (C=O) groups is 2. The third-order valence-corrected chi connectivity index (χ3v) is 4.31. The van der Waals surface area contributed by atoms with E-state index in [2.05, 4.69) is 9.47 Å². The van der Waals surface area contributed by atoms with Gasteiger partial charge >= 0.3 is 24.3 Å². The monoisotopic (exact) mass is 396 g/mol. The third-order valence-electron chi connectivity index (χ3n) is 2.18. The summed E-state index contributed by atoms with van der Waals surface area (Å²) in [5.74, 6) is -3.42. The number of rotatable bonds is 4. The van der Waals surface area contributed by atoms with Gasteiger partial charge in [0, 0.05) is 0 Å². The number of hydrogen-bond acceptors (Lipinski definition) is 6.